The van der Waals surface area contributed by atoms with Gasteiger partial charge in [0.1, 0.15) is 0 Å². The van der Waals surface area contributed by atoms with Gasteiger partial charge in [0.05, 0.1) is 6.61 Å². The van der Waals surface area contributed by atoms with E-state index >= 15 is 0 Å². The second kappa shape index (κ2) is 6.17. The first-order valence-corrected chi connectivity index (χ1v) is 2.26. The van der Waals surface area contributed by atoms with Crippen LogP contribution in [0.1, 0.15) is 6.42 Å². The molecule has 0 aromatic rings. The fraction of sp³-hybridized carbons (Fsp3) is 0.400. The summed E-state index contributed by atoms with van der Waals surface area (Å²) < 4.78 is 0. The summed E-state index contributed by atoms with van der Waals surface area (Å²) in [6.07, 6.45) is 3.80. The lowest BCUT2D eigenvalue weighted by atomic mass is 10.5. The van der Waals surface area contributed by atoms with Crippen LogP contribution in [0.4, 0.5) is 0 Å². The minimum absolute atomic E-state index is 0.457. The predicted octanol–water partition coefficient (Wildman–Crippen LogP) is 0.151. The van der Waals surface area contributed by atoms with Crippen LogP contribution >= 0.6 is 0 Å². The number of amides is 1. The van der Waals surface area contributed by atoms with E-state index < -0.39 is 0 Å². The molecule has 0 aromatic heterocycles. The van der Waals surface area contributed by atoms with E-state index in [2.05, 4.69) is 11.4 Å². The molecule has 0 unspecified atom stereocenters. The normalized spacial score (nSPS) is 8.00. The summed E-state index contributed by atoms with van der Waals surface area (Å²) in [5.74, 6) is 0. The van der Waals surface area contributed by atoms with Crippen molar-refractivity contribution in [3.8, 4) is 0 Å². The molecule has 0 atom stereocenters. The molecule has 1 amide bonds. The van der Waals surface area contributed by atoms with Crippen molar-refractivity contribution in [1.82, 2.24) is 5.48 Å². The predicted molar refractivity (Wildman–Crippen MR) is 29.6 cm³/mol. The monoisotopic (exact) mass is 114 g/mol. The topological polar surface area (TPSA) is 38.3 Å². The second-order valence-electron chi connectivity index (χ2n) is 1.13. The van der Waals surface area contributed by atoms with Gasteiger partial charge >= 0.3 is 6.41 Å². The zero-order valence-corrected chi connectivity index (χ0v) is 4.52. The summed E-state index contributed by atoms with van der Waals surface area (Å²) in [7, 11) is 0. The molecule has 1 N–H and O–H groups in total. The van der Waals surface area contributed by atoms with Crippen LogP contribution in [0.3, 0.4) is 0 Å². The Balaban J connectivity index is 2.71. The highest BCUT2D eigenvalue weighted by Gasteiger charge is 1.78. The number of hydrogen-bond acceptors (Lipinski definition) is 2. The van der Waals surface area contributed by atoms with Crippen LogP contribution in [0, 0.1) is 0 Å². The Kier molecular flexibility index (Phi) is 5.53. The van der Waals surface area contributed by atoms with E-state index in [1.165, 1.54) is 6.41 Å². The van der Waals surface area contributed by atoms with Crippen LogP contribution < -0.4 is 5.48 Å². The van der Waals surface area contributed by atoms with Gasteiger partial charge in [-0.05, 0) is 6.42 Å². The highest BCUT2D eigenvalue weighted by Crippen LogP contribution is 1.76. The molecule has 3 nitrogen and oxygen atoms in total. The molecule has 0 saturated carbocycles. The van der Waals surface area contributed by atoms with Crippen LogP contribution in [0.15, 0.2) is 12.7 Å². The lowest BCUT2D eigenvalue weighted by molar-refractivity contribution is 0.0867. The zero-order chi connectivity index (χ0) is 6.24. The number of rotatable bonds is 5. The fourth-order valence-electron chi connectivity index (χ4n) is 0.223. The number of hydroxylamine groups is 1. The first-order chi connectivity index (χ1) is 3.91. The van der Waals surface area contributed by atoms with Gasteiger partial charge in [0.15, 0.2) is 0 Å². The first-order valence-electron chi connectivity index (χ1n) is 2.26. The number of hydrogen-bond donors (Lipinski definition) is 1. The van der Waals surface area contributed by atoms with E-state index in [1.54, 1.807) is 6.08 Å². The van der Waals surface area contributed by atoms with Gasteiger partial charge in [-0.15, -0.1) is 6.58 Å². The maximum absolute atomic E-state index is 9.38. The highest BCUT2D eigenvalue weighted by molar-refractivity contribution is 5.44. The van der Waals surface area contributed by atoms with Crippen LogP contribution in [0.25, 0.3) is 0 Å². The van der Waals surface area contributed by atoms with E-state index in [-0.39, 0.29) is 0 Å². The molecule has 0 aliphatic carbocycles. The van der Waals surface area contributed by atoms with E-state index in [1.807, 2.05) is 5.48 Å². The van der Waals surface area contributed by atoms with Crippen LogP contribution in [0.2, 0.25) is 0 Å². The standard InChI is InChI=1S/C5H8NO2/c1-2-3-4-8-6-5-7/h2H,1,3-4H2,(H,6,7). The zero-order valence-electron chi connectivity index (χ0n) is 4.52. The van der Waals surface area contributed by atoms with E-state index in [4.69, 9.17) is 0 Å². The summed E-state index contributed by atoms with van der Waals surface area (Å²) in [4.78, 5) is 13.9. The van der Waals surface area contributed by atoms with E-state index in [9.17, 15) is 4.79 Å². The average Bonchev–Trinajstić information content (AvgIpc) is 1.81. The summed E-state index contributed by atoms with van der Waals surface area (Å²) in [5.41, 5.74) is 1.93. The van der Waals surface area contributed by atoms with E-state index in [0.29, 0.717) is 6.61 Å². The summed E-state index contributed by atoms with van der Waals surface area (Å²) in [6, 6.07) is 0. The molecule has 0 aliphatic heterocycles. The molecule has 0 spiro atoms. The van der Waals surface area contributed by atoms with Gasteiger partial charge in [0.25, 0.3) is 0 Å². The van der Waals surface area contributed by atoms with Gasteiger partial charge in [0.2, 0.25) is 0 Å². The molecule has 1 radical (unpaired) electrons. The van der Waals surface area contributed by atoms with Gasteiger partial charge in [-0.1, -0.05) is 6.08 Å². The molecule has 0 aromatic carbocycles. The van der Waals surface area contributed by atoms with Crippen molar-refractivity contribution in [3.05, 3.63) is 12.7 Å². The molecule has 0 bridgehead atoms. The Morgan fingerprint density at radius 2 is 2.62 bits per heavy atom. The second-order valence-corrected chi connectivity index (χ2v) is 1.13. The van der Waals surface area contributed by atoms with Crippen molar-refractivity contribution in [2.75, 3.05) is 6.61 Å². The Morgan fingerprint density at radius 3 is 3.12 bits per heavy atom. The quantitative estimate of drug-likeness (QED) is 0.239. The molecular formula is C5H8NO2. The number of carbonyl (C=O) groups excluding carboxylic acids is 1. The van der Waals surface area contributed by atoms with Gasteiger partial charge in [-0.25, -0.2) is 5.48 Å². The lowest BCUT2D eigenvalue weighted by Gasteiger charge is -1.93. The fourth-order valence-corrected chi connectivity index (χ4v) is 0.223. The SMILES string of the molecule is C=CCCON[C]=O. The van der Waals surface area contributed by atoms with Crippen molar-refractivity contribution in [2.45, 2.75) is 6.42 Å². The molecule has 8 heavy (non-hydrogen) atoms. The highest BCUT2D eigenvalue weighted by atomic mass is 16.6. The smallest absolute Gasteiger partial charge is 0.273 e. The van der Waals surface area contributed by atoms with Crippen molar-refractivity contribution in [3.63, 3.8) is 0 Å². The average molecular weight is 114 g/mol. The molecule has 0 aliphatic rings. The molecule has 3 heteroatoms. The maximum Gasteiger partial charge on any atom is 0.335 e. The Morgan fingerprint density at radius 1 is 1.88 bits per heavy atom. The van der Waals surface area contributed by atoms with Gasteiger partial charge in [-0.3, -0.25) is 9.63 Å². The Hall–Kier alpha value is -0.830. The summed E-state index contributed by atoms with van der Waals surface area (Å²) in [6.45, 7) is 3.91. The molecule has 0 rings (SSSR count). The molecule has 0 saturated heterocycles. The van der Waals surface area contributed by atoms with Crippen LogP contribution in [0.5, 0.6) is 0 Å². The first kappa shape index (κ1) is 7.17. The molecular weight excluding hydrogens is 106 g/mol. The Bertz CT molecular complexity index is 62.8. The minimum Gasteiger partial charge on any atom is -0.273 e. The molecule has 45 valence electrons. The molecule has 0 heterocycles. The minimum atomic E-state index is 0.457. The van der Waals surface area contributed by atoms with Crippen molar-refractivity contribution >= 4 is 6.41 Å². The third-order valence-corrected chi connectivity index (χ3v) is 0.538. The maximum atomic E-state index is 9.38. The lowest BCUT2D eigenvalue weighted by Crippen LogP contribution is -2.11. The summed E-state index contributed by atoms with van der Waals surface area (Å²) in [5, 5.41) is 0. The van der Waals surface area contributed by atoms with Crippen LogP contribution in [-0.2, 0) is 9.63 Å². The summed E-state index contributed by atoms with van der Waals surface area (Å²) >= 11 is 0. The number of nitrogens with one attached hydrogen (secondary N) is 1. The van der Waals surface area contributed by atoms with Crippen molar-refractivity contribution in [1.29, 1.82) is 0 Å². The van der Waals surface area contributed by atoms with Crippen molar-refractivity contribution in [2.24, 2.45) is 0 Å². The Labute approximate surface area is 48.3 Å². The van der Waals surface area contributed by atoms with Crippen LogP contribution in [-0.4, -0.2) is 13.0 Å². The van der Waals surface area contributed by atoms with Gasteiger partial charge in [0, 0.05) is 0 Å². The largest absolute Gasteiger partial charge is 0.335 e. The van der Waals surface area contributed by atoms with Crippen molar-refractivity contribution < 1.29 is 9.63 Å². The third kappa shape index (κ3) is 5.17. The van der Waals surface area contributed by atoms with E-state index in [0.717, 1.165) is 6.42 Å². The van der Waals surface area contributed by atoms with Gasteiger partial charge < -0.3 is 0 Å². The molecule has 0 fully saturated rings. The third-order valence-electron chi connectivity index (χ3n) is 0.538. The van der Waals surface area contributed by atoms with Gasteiger partial charge in [-0.2, -0.15) is 0 Å².